The largest absolute Gasteiger partial charge is 0.486 e. The summed E-state index contributed by atoms with van der Waals surface area (Å²) in [6.45, 7) is 3.27. The van der Waals surface area contributed by atoms with Gasteiger partial charge in [0.25, 0.3) is 0 Å². The molecular formula is C14H17NO5. The maximum absolute atomic E-state index is 12.3. The Morgan fingerprint density at radius 3 is 2.65 bits per heavy atom. The van der Waals surface area contributed by atoms with Crippen LogP contribution in [0, 0.1) is 0 Å². The van der Waals surface area contributed by atoms with Gasteiger partial charge in [-0.25, -0.2) is 0 Å². The van der Waals surface area contributed by atoms with Crippen molar-refractivity contribution in [2.75, 3.05) is 19.8 Å². The highest BCUT2D eigenvalue weighted by molar-refractivity contribution is 6.02. The average Bonchev–Trinajstić information content (AvgIpc) is 2.45. The highest BCUT2D eigenvalue weighted by Crippen LogP contribution is 2.31. The van der Waals surface area contributed by atoms with Gasteiger partial charge in [0, 0.05) is 5.56 Å². The maximum Gasteiger partial charge on any atom is 0.305 e. The van der Waals surface area contributed by atoms with Crippen molar-refractivity contribution in [1.29, 1.82) is 0 Å². The van der Waals surface area contributed by atoms with Crippen LogP contribution in [0.1, 0.15) is 23.7 Å². The number of aliphatic carboxylic acids is 1. The highest BCUT2D eigenvalue weighted by Gasteiger charge is 2.23. The number of fused-ring (bicyclic) bond motifs is 1. The molecule has 6 nitrogen and oxygen atoms in total. The zero-order valence-corrected chi connectivity index (χ0v) is 11.2. The quantitative estimate of drug-likeness (QED) is 0.758. The van der Waals surface area contributed by atoms with Crippen molar-refractivity contribution in [2.45, 2.75) is 19.4 Å². The number of benzene rings is 1. The fourth-order valence-electron chi connectivity index (χ4n) is 2.08. The number of rotatable bonds is 6. The third-order valence-electron chi connectivity index (χ3n) is 2.97. The number of hydrogen-bond donors (Lipinski definition) is 2. The number of nitrogens with one attached hydrogen (secondary N) is 1. The van der Waals surface area contributed by atoms with Crippen molar-refractivity contribution in [2.24, 2.45) is 0 Å². The molecule has 1 aliphatic rings. The van der Waals surface area contributed by atoms with Crippen molar-refractivity contribution in [1.82, 2.24) is 5.32 Å². The SMILES string of the molecule is CCNC(CC(=O)O)C(=O)c1ccc2c(c1)OCCO2. The van der Waals surface area contributed by atoms with Crippen molar-refractivity contribution in [3.8, 4) is 11.5 Å². The predicted molar refractivity (Wildman–Crippen MR) is 71.5 cm³/mol. The lowest BCUT2D eigenvalue weighted by atomic mass is 10.0. The number of ether oxygens (including phenoxy) is 2. The lowest BCUT2D eigenvalue weighted by Crippen LogP contribution is -2.38. The van der Waals surface area contributed by atoms with Crippen LogP contribution in [0.2, 0.25) is 0 Å². The molecule has 2 N–H and O–H groups in total. The molecular weight excluding hydrogens is 262 g/mol. The molecule has 1 heterocycles. The first-order valence-electron chi connectivity index (χ1n) is 6.51. The Hall–Kier alpha value is -2.08. The van der Waals surface area contributed by atoms with E-state index < -0.39 is 12.0 Å². The number of carboxylic acid groups (broad SMARTS) is 1. The minimum Gasteiger partial charge on any atom is -0.486 e. The molecule has 0 bridgehead atoms. The van der Waals surface area contributed by atoms with Crippen LogP contribution in [0.15, 0.2) is 18.2 Å². The fourth-order valence-corrected chi connectivity index (χ4v) is 2.08. The summed E-state index contributed by atoms with van der Waals surface area (Å²) < 4.78 is 10.8. The van der Waals surface area contributed by atoms with Gasteiger partial charge in [-0.2, -0.15) is 0 Å². The molecule has 0 spiro atoms. The van der Waals surface area contributed by atoms with Gasteiger partial charge in [0.1, 0.15) is 13.2 Å². The molecule has 1 atom stereocenters. The third-order valence-corrected chi connectivity index (χ3v) is 2.97. The van der Waals surface area contributed by atoms with Crippen LogP contribution in [-0.4, -0.2) is 42.7 Å². The molecule has 0 aliphatic carbocycles. The van der Waals surface area contributed by atoms with E-state index in [-0.39, 0.29) is 12.2 Å². The van der Waals surface area contributed by atoms with Gasteiger partial charge in [0.05, 0.1) is 12.5 Å². The van der Waals surface area contributed by atoms with Crippen LogP contribution in [0.5, 0.6) is 11.5 Å². The first kappa shape index (κ1) is 14.3. The number of likely N-dealkylation sites (N-methyl/N-ethyl adjacent to an activating group) is 1. The van der Waals surface area contributed by atoms with Crippen LogP contribution >= 0.6 is 0 Å². The van der Waals surface area contributed by atoms with Crippen LogP contribution in [0.4, 0.5) is 0 Å². The molecule has 0 radical (unpaired) electrons. The molecule has 6 heteroatoms. The Morgan fingerprint density at radius 2 is 2.00 bits per heavy atom. The zero-order chi connectivity index (χ0) is 14.5. The first-order valence-corrected chi connectivity index (χ1v) is 6.51. The fraction of sp³-hybridized carbons (Fsp3) is 0.429. The van der Waals surface area contributed by atoms with Crippen molar-refractivity contribution in [3.05, 3.63) is 23.8 Å². The minimum atomic E-state index is -1.01. The molecule has 1 aromatic carbocycles. The molecule has 0 saturated carbocycles. The summed E-state index contributed by atoms with van der Waals surface area (Å²) in [6.07, 6.45) is -0.249. The molecule has 0 fully saturated rings. The van der Waals surface area contributed by atoms with Crippen LogP contribution < -0.4 is 14.8 Å². The molecule has 108 valence electrons. The predicted octanol–water partition coefficient (Wildman–Crippen LogP) is 1.09. The van der Waals surface area contributed by atoms with Gasteiger partial charge in [-0.3, -0.25) is 9.59 Å². The molecule has 1 aromatic rings. The number of carbonyl (C=O) groups excluding carboxylic acids is 1. The van der Waals surface area contributed by atoms with E-state index in [1.54, 1.807) is 18.2 Å². The summed E-state index contributed by atoms with van der Waals surface area (Å²) in [4.78, 5) is 23.1. The number of hydrogen-bond acceptors (Lipinski definition) is 5. The third kappa shape index (κ3) is 3.27. The number of ketones is 1. The highest BCUT2D eigenvalue weighted by atomic mass is 16.6. The normalized spacial score (nSPS) is 14.7. The summed E-state index contributed by atoms with van der Waals surface area (Å²) >= 11 is 0. The van der Waals surface area contributed by atoms with Gasteiger partial charge < -0.3 is 19.9 Å². The standard InChI is InChI=1S/C14H17NO5/c1-2-15-10(8-13(16)17)14(18)9-3-4-11-12(7-9)20-6-5-19-11/h3-4,7,10,15H,2,5-6,8H2,1H3,(H,16,17). The Labute approximate surface area is 116 Å². The van der Waals surface area contributed by atoms with E-state index in [1.807, 2.05) is 6.92 Å². The van der Waals surface area contributed by atoms with Crippen LogP contribution in [0.25, 0.3) is 0 Å². The second-order valence-electron chi connectivity index (χ2n) is 4.43. The number of carboxylic acids is 1. The van der Waals surface area contributed by atoms with E-state index >= 15 is 0 Å². The van der Waals surface area contributed by atoms with E-state index in [2.05, 4.69) is 5.32 Å². The lowest BCUT2D eigenvalue weighted by molar-refractivity contribution is -0.137. The van der Waals surface area contributed by atoms with E-state index in [0.717, 1.165) is 0 Å². The molecule has 1 unspecified atom stereocenters. The molecule has 0 saturated heterocycles. The first-order chi connectivity index (χ1) is 9.61. The number of Topliss-reactive ketones (excluding diaryl/α,β-unsaturated/α-hetero) is 1. The number of carbonyl (C=O) groups is 2. The van der Waals surface area contributed by atoms with Gasteiger partial charge in [0.2, 0.25) is 0 Å². The average molecular weight is 279 g/mol. The zero-order valence-electron chi connectivity index (χ0n) is 11.2. The summed E-state index contributed by atoms with van der Waals surface area (Å²) in [5.41, 5.74) is 0.418. The van der Waals surface area contributed by atoms with E-state index in [9.17, 15) is 9.59 Å². The van der Waals surface area contributed by atoms with Crippen LogP contribution in [0.3, 0.4) is 0 Å². The van der Waals surface area contributed by atoms with Gasteiger partial charge in [0.15, 0.2) is 17.3 Å². The Bertz CT molecular complexity index is 514. The van der Waals surface area contributed by atoms with Gasteiger partial charge in [-0.1, -0.05) is 6.92 Å². The van der Waals surface area contributed by atoms with E-state index in [1.165, 1.54) is 0 Å². The van der Waals surface area contributed by atoms with Gasteiger partial charge in [-0.15, -0.1) is 0 Å². The molecule has 0 aromatic heterocycles. The van der Waals surface area contributed by atoms with E-state index in [4.69, 9.17) is 14.6 Å². The lowest BCUT2D eigenvalue weighted by Gasteiger charge is -2.20. The maximum atomic E-state index is 12.3. The van der Waals surface area contributed by atoms with E-state index in [0.29, 0.717) is 36.8 Å². The second kappa shape index (κ2) is 6.38. The minimum absolute atomic E-state index is 0.249. The molecule has 2 rings (SSSR count). The summed E-state index contributed by atoms with van der Waals surface area (Å²) in [5, 5.41) is 11.8. The Morgan fingerprint density at radius 1 is 1.30 bits per heavy atom. The Balaban J connectivity index is 2.20. The monoisotopic (exact) mass is 279 g/mol. The second-order valence-corrected chi connectivity index (χ2v) is 4.43. The molecule has 1 aliphatic heterocycles. The molecule has 20 heavy (non-hydrogen) atoms. The topological polar surface area (TPSA) is 84.9 Å². The van der Waals surface area contributed by atoms with Crippen LogP contribution in [-0.2, 0) is 4.79 Å². The summed E-state index contributed by atoms with van der Waals surface area (Å²) in [6, 6.07) is 4.16. The summed E-state index contributed by atoms with van der Waals surface area (Å²) in [7, 11) is 0. The van der Waals surface area contributed by atoms with Gasteiger partial charge >= 0.3 is 5.97 Å². The van der Waals surface area contributed by atoms with Gasteiger partial charge in [-0.05, 0) is 24.7 Å². The van der Waals surface area contributed by atoms with Crippen molar-refractivity contribution >= 4 is 11.8 Å². The molecule has 0 amide bonds. The smallest absolute Gasteiger partial charge is 0.305 e. The van der Waals surface area contributed by atoms with Crippen molar-refractivity contribution < 1.29 is 24.2 Å². The summed E-state index contributed by atoms with van der Waals surface area (Å²) in [5.74, 6) is -0.147. The Kier molecular flexibility index (Phi) is 4.57. The van der Waals surface area contributed by atoms with Crippen molar-refractivity contribution in [3.63, 3.8) is 0 Å².